The first-order valence-corrected chi connectivity index (χ1v) is 12.5. The van der Waals surface area contributed by atoms with Crippen LogP contribution in [0.5, 0.6) is 0 Å². The van der Waals surface area contributed by atoms with E-state index in [1.54, 1.807) is 38.1 Å². The summed E-state index contributed by atoms with van der Waals surface area (Å²) in [5, 5.41) is 3.36. The van der Waals surface area contributed by atoms with Crippen molar-refractivity contribution in [1.82, 2.24) is 9.62 Å². The Morgan fingerprint density at radius 3 is 2.25 bits per heavy atom. The number of aryl methyl sites for hydroxylation is 3. The molecule has 0 fully saturated rings. The molecule has 0 saturated carbocycles. The molecule has 1 N–H and O–H groups in total. The Balaban J connectivity index is 2.24. The molecule has 2 aromatic carbocycles. The zero-order valence-corrected chi connectivity index (χ0v) is 21.0. The third-order valence-corrected chi connectivity index (χ3v) is 7.24. The van der Waals surface area contributed by atoms with E-state index in [-0.39, 0.29) is 30.0 Å². The molecule has 0 spiro atoms. The Morgan fingerprint density at radius 1 is 1.09 bits per heavy atom. The first kappa shape index (κ1) is 26.3. The number of sulfonamides is 1. The van der Waals surface area contributed by atoms with Crippen LogP contribution in [0.25, 0.3) is 0 Å². The second-order valence-electron chi connectivity index (χ2n) is 8.25. The number of carbonyl (C=O) groups excluding carboxylic acids is 1. The van der Waals surface area contributed by atoms with Crippen LogP contribution < -0.4 is 5.32 Å². The van der Waals surface area contributed by atoms with Crippen molar-refractivity contribution in [3.63, 3.8) is 0 Å². The van der Waals surface area contributed by atoms with Gasteiger partial charge in [0.1, 0.15) is 0 Å². The minimum absolute atomic E-state index is 0.0656. The fraction of sp³-hybridized carbons (Fsp3) is 0.458. The first-order chi connectivity index (χ1) is 15.0. The van der Waals surface area contributed by atoms with Gasteiger partial charge in [0.2, 0.25) is 15.9 Å². The molecule has 0 radical (unpaired) electrons. The van der Waals surface area contributed by atoms with Gasteiger partial charge < -0.3 is 10.1 Å². The van der Waals surface area contributed by atoms with Crippen LogP contribution in [0.4, 0.5) is 0 Å². The molecule has 2 rings (SSSR count). The molecule has 0 aliphatic heterocycles. The van der Waals surface area contributed by atoms with Crippen molar-refractivity contribution < 1.29 is 17.9 Å². The summed E-state index contributed by atoms with van der Waals surface area (Å²) >= 11 is 5.97. The average Bonchev–Trinajstić information content (AvgIpc) is 2.67. The summed E-state index contributed by atoms with van der Waals surface area (Å²) in [5.41, 5.74) is 3.06. The van der Waals surface area contributed by atoms with Crippen molar-refractivity contribution in [2.45, 2.75) is 58.6 Å². The van der Waals surface area contributed by atoms with Crippen LogP contribution in [-0.4, -0.2) is 44.4 Å². The Bertz CT molecular complexity index is 998. The van der Waals surface area contributed by atoms with Crippen LogP contribution in [0.2, 0.25) is 5.02 Å². The van der Waals surface area contributed by atoms with E-state index in [2.05, 4.69) is 5.32 Å². The van der Waals surface area contributed by atoms with Crippen molar-refractivity contribution in [3.05, 3.63) is 63.7 Å². The molecule has 0 saturated heterocycles. The van der Waals surface area contributed by atoms with E-state index in [0.29, 0.717) is 35.7 Å². The molecule has 0 aromatic heterocycles. The highest BCUT2D eigenvalue weighted by atomic mass is 35.5. The molecule has 0 aliphatic carbocycles. The van der Waals surface area contributed by atoms with E-state index >= 15 is 0 Å². The molecule has 32 heavy (non-hydrogen) atoms. The molecule has 6 nitrogen and oxygen atoms in total. The number of ether oxygens (including phenoxy) is 1. The number of carbonyl (C=O) groups is 1. The average molecular weight is 481 g/mol. The quantitative estimate of drug-likeness (QED) is 0.484. The van der Waals surface area contributed by atoms with Crippen LogP contribution in [0.1, 0.15) is 42.5 Å². The van der Waals surface area contributed by atoms with Gasteiger partial charge in [-0.15, -0.1) is 0 Å². The third kappa shape index (κ3) is 7.59. The summed E-state index contributed by atoms with van der Waals surface area (Å²) in [5.74, 6) is -0.352. The molecular weight excluding hydrogens is 448 g/mol. The van der Waals surface area contributed by atoms with Gasteiger partial charge in [-0.05, 0) is 69.9 Å². The number of nitrogens with zero attached hydrogens (tertiary/aromatic N) is 1. The van der Waals surface area contributed by atoms with Crippen molar-refractivity contribution >= 4 is 27.5 Å². The Morgan fingerprint density at radius 2 is 1.69 bits per heavy atom. The van der Waals surface area contributed by atoms with E-state index in [1.165, 1.54) is 4.31 Å². The molecular formula is C24H33ClN2O4S. The highest BCUT2D eigenvalue weighted by molar-refractivity contribution is 7.89. The maximum absolute atomic E-state index is 13.6. The number of hydrogen-bond donors (Lipinski definition) is 1. The van der Waals surface area contributed by atoms with Gasteiger partial charge in [-0.1, -0.05) is 41.4 Å². The summed E-state index contributed by atoms with van der Waals surface area (Å²) < 4.78 is 34.0. The molecule has 0 aliphatic rings. The topological polar surface area (TPSA) is 75.7 Å². The van der Waals surface area contributed by atoms with Gasteiger partial charge in [0, 0.05) is 24.7 Å². The lowest BCUT2D eigenvalue weighted by Gasteiger charge is -2.24. The van der Waals surface area contributed by atoms with E-state index < -0.39 is 10.0 Å². The number of amides is 1. The summed E-state index contributed by atoms with van der Waals surface area (Å²) in [6.45, 7) is 10.1. The van der Waals surface area contributed by atoms with Crippen molar-refractivity contribution in [1.29, 1.82) is 0 Å². The maximum atomic E-state index is 13.6. The number of rotatable bonds is 11. The minimum atomic E-state index is -3.91. The number of halogens is 1. The van der Waals surface area contributed by atoms with E-state index in [1.807, 2.05) is 32.9 Å². The monoisotopic (exact) mass is 480 g/mol. The second-order valence-corrected chi connectivity index (χ2v) is 10.6. The SMILES string of the molecule is Cc1cc(C)c(S(=O)(=O)N(CC(=O)NCCCOC(C)C)Cc2ccc(Cl)cc2)c(C)c1. The van der Waals surface area contributed by atoms with Crippen LogP contribution in [0.3, 0.4) is 0 Å². The predicted molar refractivity (Wildman–Crippen MR) is 128 cm³/mol. The molecule has 0 bridgehead atoms. The van der Waals surface area contributed by atoms with Crippen molar-refractivity contribution in [3.8, 4) is 0 Å². The van der Waals surface area contributed by atoms with Gasteiger partial charge in [0.05, 0.1) is 17.5 Å². The molecule has 2 aromatic rings. The van der Waals surface area contributed by atoms with Gasteiger partial charge in [0.15, 0.2) is 0 Å². The number of benzene rings is 2. The first-order valence-electron chi connectivity index (χ1n) is 10.7. The van der Waals surface area contributed by atoms with Crippen LogP contribution in [-0.2, 0) is 26.1 Å². The zero-order chi connectivity index (χ0) is 23.9. The van der Waals surface area contributed by atoms with Crippen LogP contribution in [0.15, 0.2) is 41.3 Å². The smallest absolute Gasteiger partial charge is 0.244 e. The second kappa shape index (κ2) is 11.8. The fourth-order valence-electron chi connectivity index (χ4n) is 3.56. The summed E-state index contributed by atoms with van der Waals surface area (Å²) in [6, 6.07) is 10.6. The fourth-order valence-corrected chi connectivity index (χ4v) is 5.48. The van der Waals surface area contributed by atoms with Gasteiger partial charge in [0.25, 0.3) is 0 Å². The lowest BCUT2D eigenvalue weighted by atomic mass is 10.1. The Hall–Kier alpha value is -1.93. The predicted octanol–water partition coefficient (Wildman–Crippen LogP) is 4.39. The van der Waals surface area contributed by atoms with Crippen molar-refractivity contribution in [2.24, 2.45) is 0 Å². The maximum Gasteiger partial charge on any atom is 0.244 e. The van der Waals surface area contributed by atoms with Crippen LogP contribution >= 0.6 is 11.6 Å². The summed E-state index contributed by atoms with van der Waals surface area (Å²) in [7, 11) is -3.91. The van der Waals surface area contributed by atoms with Gasteiger partial charge in [-0.25, -0.2) is 8.42 Å². The summed E-state index contributed by atoms with van der Waals surface area (Å²) in [6.07, 6.45) is 0.788. The standard InChI is InChI=1S/C24H33ClN2O4S/c1-17(2)31-12-6-11-26-23(28)16-27(15-21-7-9-22(25)10-8-21)32(29,30)24-19(4)13-18(3)14-20(24)5/h7-10,13-14,17H,6,11-12,15-16H2,1-5H3,(H,26,28). The Kier molecular flexibility index (Phi) is 9.70. The van der Waals surface area contributed by atoms with Crippen molar-refractivity contribution in [2.75, 3.05) is 19.7 Å². The zero-order valence-electron chi connectivity index (χ0n) is 19.4. The van der Waals surface area contributed by atoms with Gasteiger partial charge >= 0.3 is 0 Å². The highest BCUT2D eigenvalue weighted by Crippen LogP contribution is 2.26. The molecule has 0 atom stereocenters. The minimum Gasteiger partial charge on any atom is -0.379 e. The molecule has 1 amide bonds. The van der Waals surface area contributed by atoms with Crippen LogP contribution in [0, 0.1) is 20.8 Å². The molecule has 176 valence electrons. The van der Waals surface area contributed by atoms with E-state index in [0.717, 1.165) is 11.1 Å². The van der Waals surface area contributed by atoms with E-state index in [9.17, 15) is 13.2 Å². The normalized spacial score (nSPS) is 11.9. The van der Waals surface area contributed by atoms with Gasteiger partial charge in [-0.3, -0.25) is 4.79 Å². The number of nitrogens with one attached hydrogen (secondary N) is 1. The molecule has 8 heteroatoms. The van der Waals surface area contributed by atoms with E-state index in [4.69, 9.17) is 16.3 Å². The lowest BCUT2D eigenvalue weighted by molar-refractivity contribution is -0.121. The van der Waals surface area contributed by atoms with Gasteiger partial charge in [-0.2, -0.15) is 4.31 Å². The lowest BCUT2D eigenvalue weighted by Crippen LogP contribution is -2.41. The molecule has 0 unspecified atom stereocenters. The molecule has 0 heterocycles. The Labute approximate surface area is 197 Å². The summed E-state index contributed by atoms with van der Waals surface area (Å²) in [4.78, 5) is 12.9. The number of hydrogen-bond acceptors (Lipinski definition) is 4. The highest BCUT2D eigenvalue weighted by Gasteiger charge is 2.29. The largest absolute Gasteiger partial charge is 0.379 e. The third-order valence-electron chi connectivity index (χ3n) is 4.89.